The highest BCUT2D eigenvalue weighted by Gasteiger charge is 2.28. The van der Waals surface area contributed by atoms with Gasteiger partial charge in [0.05, 0.1) is 0 Å². The Labute approximate surface area is 122 Å². The second kappa shape index (κ2) is 5.61. The van der Waals surface area contributed by atoms with Crippen molar-refractivity contribution in [2.45, 2.75) is 32.7 Å². The number of nitrogens with zero attached hydrogens (tertiary/aromatic N) is 1. The van der Waals surface area contributed by atoms with Crippen molar-refractivity contribution in [2.24, 2.45) is 11.8 Å². The van der Waals surface area contributed by atoms with Gasteiger partial charge >= 0.3 is 0 Å². The number of likely N-dealkylation sites (tertiary alicyclic amines) is 1. The van der Waals surface area contributed by atoms with Gasteiger partial charge < -0.3 is 10.2 Å². The molecule has 2 aliphatic rings. The first-order valence-electron chi connectivity index (χ1n) is 7.88. The molecule has 0 amide bonds. The Balaban J connectivity index is 1.85. The number of hydrogen-bond donors (Lipinski definition) is 1. The molecular weight excluding hydrogens is 244 g/mol. The number of nitrogens with one attached hydrogen (secondary N) is 1. The number of benzene rings is 1. The van der Waals surface area contributed by atoms with Crippen LogP contribution in [0.4, 0.5) is 5.69 Å². The zero-order valence-corrected chi connectivity index (χ0v) is 12.9. The third-order valence-corrected chi connectivity index (χ3v) is 4.60. The predicted octanol–water partition coefficient (Wildman–Crippen LogP) is 3.64. The Morgan fingerprint density at radius 2 is 2.15 bits per heavy atom. The molecule has 3 rings (SSSR count). The highest BCUT2D eigenvalue weighted by molar-refractivity contribution is 5.62. The lowest BCUT2D eigenvalue weighted by molar-refractivity contribution is 0.170. The summed E-state index contributed by atoms with van der Waals surface area (Å²) in [6, 6.07) is 7.35. The van der Waals surface area contributed by atoms with Crippen LogP contribution in [0.1, 0.15) is 31.4 Å². The van der Waals surface area contributed by atoms with Gasteiger partial charge in [-0.15, -0.1) is 0 Å². The summed E-state index contributed by atoms with van der Waals surface area (Å²) in [5, 5.41) is 3.50. The topological polar surface area (TPSA) is 15.3 Å². The van der Waals surface area contributed by atoms with Crippen LogP contribution in [-0.2, 0) is 6.42 Å². The third kappa shape index (κ3) is 2.90. The smallest absolute Gasteiger partial charge is 0.0348 e. The van der Waals surface area contributed by atoms with E-state index in [4.69, 9.17) is 0 Å². The molecule has 1 aliphatic heterocycles. The van der Waals surface area contributed by atoms with Crippen LogP contribution >= 0.6 is 0 Å². The van der Waals surface area contributed by atoms with Crippen LogP contribution in [0.15, 0.2) is 24.3 Å². The van der Waals surface area contributed by atoms with Gasteiger partial charge in [0.15, 0.2) is 0 Å². The number of hydrogen-bond acceptors (Lipinski definition) is 2. The van der Waals surface area contributed by atoms with Gasteiger partial charge in [0.25, 0.3) is 0 Å². The molecule has 1 aromatic rings. The quantitative estimate of drug-likeness (QED) is 0.882. The van der Waals surface area contributed by atoms with Gasteiger partial charge in [-0.2, -0.15) is 0 Å². The molecule has 1 aliphatic carbocycles. The molecular formula is C18H26N2. The molecule has 2 atom stereocenters. The molecule has 0 spiro atoms. The number of allylic oxidation sites excluding steroid dienone is 1. The van der Waals surface area contributed by atoms with E-state index in [-0.39, 0.29) is 0 Å². The lowest BCUT2D eigenvalue weighted by atomic mass is 9.83. The zero-order valence-electron chi connectivity index (χ0n) is 12.9. The molecule has 0 radical (unpaired) electrons. The standard InChI is InChI=1S/C18H26N2/c1-13(2)19-18-7-6-15-10-17-12-20(3)9-8-14(17)4-5-16(15)11-18/h4-7,11,13-14,17,19H,8-10,12H2,1-3H3/t14-,17-/m1/s1. The number of fused-ring (bicyclic) bond motifs is 2. The van der Waals surface area contributed by atoms with Crippen LogP contribution < -0.4 is 5.32 Å². The highest BCUT2D eigenvalue weighted by atomic mass is 15.1. The van der Waals surface area contributed by atoms with E-state index in [1.807, 2.05) is 0 Å². The minimum atomic E-state index is 0.485. The third-order valence-electron chi connectivity index (χ3n) is 4.60. The average molecular weight is 270 g/mol. The maximum atomic E-state index is 3.50. The number of rotatable bonds is 2. The van der Waals surface area contributed by atoms with E-state index in [0.717, 1.165) is 11.8 Å². The van der Waals surface area contributed by atoms with Crippen LogP contribution in [0, 0.1) is 11.8 Å². The lowest BCUT2D eigenvalue weighted by Gasteiger charge is -2.34. The van der Waals surface area contributed by atoms with E-state index in [1.165, 1.54) is 42.7 Å². The Hall–Kier alpha value is -1.28. The molecule has 1 fully saturated rings. The fraction of sp³-hybridized carbons (Fsp3) is 0.556. The maximum absolute atomic E-state index is 3.50. The van der Waals surface area contributed by atoms with Crippen LogP contribution in [0.25, 0.3) is 6.08 Å². The van der Waals surface area contributed by atoms with E-state index < -0.39 is 0 Å². The van der Waals surface area contributed by atoms with Gasteiger partial charge in [-0.1, -0.05) is 18.2 Å². The normalized spacial score (nSPS) is 26.0. The van der Waals surface area contributed by atoms with Gasteiger partial charge in [0, 0.05) is 18.3 Å². The van der Waals surface area contributed by atoms with Gasteiger partial charge in [0.2, 0.25) is 0 Å². The monoisotopic (exact) mass is 270 g/mol. The molecule has 0 bridgehead atoms. The fourth-order valence-corrected chi connectivity index (χ4v) is 3.57. The van der Waals surface area contributed by atoms with Gasteiger partial charge in [0.1, 0.15) is 0 Å². The summed E-state index contributed by atoms with van der Waals surface area (Å²) in [7, 11) is 2.25. The Morgan fingerprint density at radius 1 is 1.30 bits per heavy atom. The molecule has 1 aromatic carbocycles. The summed E-state index contributed by atoms with van der Waals surface area (Å²) in [6.07, 6.45) is 7.35. The molecule has 20 heavy (non-hydrogen) atoms. The molecule has 0 saturated carbocycles. The van der Waals surface area contributed by atoms with E-state index >= 15 is 0 Å². The zero-order chi connectivity index (χ0) is 14.1. The highest BCUT2D eigenvalue weighted by Crippen LogP contribution is 2.33. The van der Waals surface area contributed by atoms with Crippen LogP contribution in [0.2, 0.25) is 0 Å². The Kier molecular flexibility index (Phi) is 3.84. The minimum Gasteiger partial charge on any atom is -0.383 e. The lowest BCUT2D eigenvalue weighted by Crippen LogP contribution is -2.38. The summed E-state index contributed by atoms with van der Waals surface area (Å²) in [6.45, 7) is 6.85. The summed E-state index contributed by atoms with van der Waals surface area (Å²) in [4.78, 5) is 2.48. The van der Waals surface area contributed by atoms with E-state index in [1.54, 1.807) is 0 Å². The molecule has 108 valence electrons. The van der Waals surface area contributed by atoms with Crippen molar-refractivity contribution in [3.05, 3.63) is 35.4 Å². The van der Waals surface area contributed by atoms with Crippen LogP contribution in [-0.4, -0.2) is 31.1 Å². The first-order chi connectivity index (χ1) is 9.61. The molecule has 1 heterocycles. The van der Waals surface area contributed by atoms with Crippen molar-refractivity contribution in [1.82, 2.24) is 4.90 Å². The van der Waals surface area contributed by atoms with Crippen molar-refractivity contribution in [1.29, 1.82) is 0 Å². The van der Waals surface area contributed by atoms with Gasteiger partial charge in [-0.3, -0.25) is 0 Å². The summed E-state index contributed by atoms with van der Waals surface area (Å²) >= 11 is 0. The van der Waals surface area contributed by atoms with Crippen LogP contribution in [0.5, 0.6) is 0 Å². The molecule has 0 aromatic heterocycles. The largest absolute Gasteiger partial charge is 0.383 e. The predicted molar refractivity (Wildman–Crippen MR) is 87.0 cm³/mol. The summed E-state index contributed by atoms with van der Waals surface area (Å²) < 4.78 is 0. The van der Waals surface area contributed by atoms with E-state index in [9.17, 15) is 0 Å². The average Bonchev–Trinajstić information content (AvgIpc) is 2.56. The number of anilines is 1. The van der Waals surface area contributed by atoms with Crippen LogP contribution in [0.3, 0.4) is 0 Å². The Morgan fingerprint density at radius 3 is 2.95 bits per heavy atom. The molecule has 2 heteroatoms. The maximum Gasteiger partial charge on any atom is 0.0348 e. The second-order valence-corrected chi connectivity index (χ2v) is 6.75. The summed E-state index contributed by atoms with van der Waals surface area (Å²) in [5.74, 6) is 1.55. The van der Waals surface area contributed by atoms with Crippen molar-refractivity contribution < 1.29 is 0 Å². The first-order valence-corrected chi connectivity index (χ1v) is 7.88. The fourth-order valence-electron chi connectivity index (χ4n) is 3.57. The number of piperidine rings is 1. The molecule has 0 unspecified atom stereocenters. The second-order valence-electron chi connectivity index (χ2n) is 6.75. The van der Waals surface area contributed by atoms with Gasteiger partial charge in [-0.05, 0) is 75.4 Å². The first kappa shape index (κ1) is 13.7. The van der Waals surface area contributed by atoms with Crippen molar-refractivity contribution in [2.75, 3.05) is 25.5 Å². The molecule has 1 N–H and O–H groups in total. The van der Waals surface area contributed by atoms with Crippen molar-refractivity contribution >= 4 is 11.8 Å². The van der Waals surface area contributed by atoms with E-state index in [0.29, 0.717) is 6.04 Å². The van der Waals surface area contributed by atoms with Crippen molar-refractivity contribution in [3.8, 4) is 0 Å². The Bertz CT molecular complexity index is 504. The minimum absolute atomic E-state index is 0.485. The molecule has 1 saturated heterocycles. The van der Waals surface area contributed by atoms with Crippen molar-refractivity contribution in [3.63, 3.8) is 0 Å². The van der Waals surface area contributed by atoms with Gasteiger partial charge in [-0.25, -0.2) is 0 Å². The summed E-state index contributed by atoms with van der Waals surface area (Å²) in [5.41, 5.74) is 4.16. The molecule has 2 nitrogen and oxygen atoms in total. The SMILES string of the molecule is CC(C)Nc1ccc2c(c1)C=C[C@@H]1CCN(C)C[C@H]1C2. The van der Waals surface area contributed by atoms with E-state index in [2.05, 4.69) is 61.5 Å².